The molecule has 0 amide bonds. The van der Waals surface area contributed by atoms with Gasteiger partial charge in [-0.2, -0.15) is 0 Å². The van der Waals surface area contributed by atoms with E-state index in [4.69, 9.17) is 4.74 Å². The number of hydrogen-bond donors (Lipinski definition) is 0. The number of rotatable bonds is 5. The van der Waals surface area contributed by atoms with Gasteiger partial charge in [-0.1, -0.05) is 72.8 Å². The van der Waals surface area contributed by atoms with Crippen molar-refractivity contribution in [2.45, 2.75) is 24.0 Å². The first-order valence-corrected chi connectivity index (χ1v) is 10.5. The van der Waals surface area contributed by atoms with Gasteiger partial charge in [0, 0.05) is 16.2 Å². The zero-order valence-corrected chi connectivity index (χ0v) is 17.5. The summed E-state index contributed by atoms with van der Waals surface area (Å²) >= 11 is 0. The summed E-state index contributed by atoms with van der Waals surface area (Å²) in [7, 11) is 1.58. The molecule has 0 N–H and O–H groups in total. The molecule has 4 atom stereocenters. The number of ether oxygens (including phenoxy) is 1. The number of anilines is 1. The monoisotopic (exact) mass is 426 g/mol. The van der Waals surface area contributed by atoms with Crippen LogP contribution in [0.2, 0.25) is 0 Å². The third-order valence-electron chi connectivity index (χ3n) is 6.44. The lowest BCUT2D eigenvalue weighted by Crippen LogP contribution is -2.44. The summed E-state index contributed by atoms with van der Waals surface area (Å²) in [5.41, 5.74) is 3.09. The predicted octanol–water partition coefficient (Wildman–Crippen LogP) is 4.59. The zero-order valence-electron chi connectivity index (χ0n) is 17.5. The minimum absolute atomic E-state index is 0.120. The van der Waals surface area contributed by atoms with E-state index in [2.05, 4.69) is 0 Å². The zero-order chi connectivity index (χ0) is 22.2. The van der Waals surface area contributed by atoms with Crippen LogP contribution in [-0.4, -0.2) is 35.9 Å². The lowest BCUT2D eigenvalue weighted by Gasteiger charge is -2.34. The van der Waals surface area contributed by atoms with Crippen LogP contribution in [0.4, 0.5) is 5.69 Å². The Morgan fingerprint density at radius 3 is 2.34 bits per heavy atom. The lowest BCUT2D eigenvalue weighted by atomic mass is 9.83. The van der Waals surface area contributed by atoms with Gasteiger partial charge in [0.15, 0.2) is 5.78 Å². The fourth-order valence-electron chi connectivity index (χ4n) is 5.03. The molecule has 0 unspecified atom stereocenters. The molecule has 5 rings (SSSR count). The topological polar surface area (TPSA) is 72.7 Å². The summed E-state index contributed by atoms with van der Waals surface area (Å²) in [6, 6.07) is 21.8. The van der Waals surface area contributed by atoms with Crippen molar-refractivity contribution in [3.63, 3.8) is 0 Å². The van der Waals surface area contributed by atoms with Gasteiger partial charge in [-0.3, -0.25) is 14.9 Å². The highest BCUT2D eigenvalue weighted by Crippen LogP contribution is 2.47. The van der Waals surface area contributed by atoms with Crippen LogP contribution in [0.1, 0.15) is 27.4 Å². The first kappa shape index (κ1) is 20.0. The molecule has 160 valence electrons. The number of nitro groups is 1. The van der Waals surface area contributed by atoms with Crippen LogP contribution in [0, 0.1) is 10.1 Å². The Labute approximate surface area is 185 Å². The molecular weight excluding hydrogens is 404 g/mol. The predicted molar refractivity (Wildman–Crippen MR) is 123 cm³/mol. The summed E-state index contributed by atoms with van der Waals surface area (Å²) in [5.74, 6) is -0.0754. The van der Waals surface area contributed by atoms with Gasteiger partial charge in [0.25, 0.3) is 0 Å². The number of benzene rings is 3. The molecule has 1 saturated heterocycles. The maximum atomic E-state index is 13.9. The number of Topliss-reactive ketones (excluding diaryl/α,β-unsaturated/α-hetero) is 1. The lowest BCUT2D eigenvalue weighted by molar-refractivity contribution is -0.524. The SMILES string of the molecule is COc1ccc([C@H]2[C@H]([N+](=O)[O-])[C@@H]3C=Cc4ccccc4N3[C@@H]2C(=O)c2ccccc2)cc1. The second kappa shape index (κ2) is 7.96. The van der Waals surface area contributed by atoms with E-state index in [-0.39, 0.29) is 10.7 Å². The van der Waals surface area contributed by atoms with Gasteiger partial charge in [0.1, 0.15) is 17.8 Å². The Hall–Kier alpha value is -3.93. The minimum atomic E-state index is -0.967. The van der Waals surface area contributed by atoms with Crippen molar-refractivity contribution in [1.29, 1.82) is 0 Å². The molecular formula is C26H22N2O4. The molecule has 0 radical (unpaired) electrons. The first-order chi connectivity index (χ1) is 15.6. The maximum Gasteiger partial charge on any atom is 0.245 e. The van der Waals surface area contributed by atoms with Crippen molar-refractivity contribution in [3.8, 4) is 5.75 Å². The smallest absolute Gasteiger partial charge is 0.245 e. The molecule has 6 heteroatoms. The van der Waals surface area contributed by atoms with Crippen LogP contribution in [0.5, 0.6) is 5.75 Å². The van der Waals surface area contributed by atoms with Gasteiger partial charge in [0.2, 0.25) is 6.04 Å². The number of methoxy groups -OCH3 is 1. The molecule has 0 spiro atoms. The van der Waals surface area contributed by atoms with Crippen molar-refractivity contribution in [3.05, 3.63) is 112 Å². The molecule has 0 saturated carbocycles. The highest BCUT2D eigenvalue weighted by Gasteiger charge is 2.58. The van der Waals surface area contributed by atoms with Gasteiger partial charge in [-0.25, -0.2) is 0 Å². The fourth-order valence-corrected chi connectivity index (χ4v) is 5.03. The molecule has 3 aromatic carbocycles. The van der Waals surface area contributed by atoms with E-state index in [1.165, 1.54) is 0 Å². The van der Waals surface area contributed by atoms with Crippen LogP contribution in [0.25, 0.3) is 6.08 Å². The van der Waals surface area contributed by atoms with Crippen molar-refractivity contribution >= 4 is 17.5 Å². The summed E-state index contributed by atoms with van der Waals surface area (Å²) in [6.07, 6.45) is 3.79. The second-order valence-electron chi connectivity index (χ2n) is 8.07. The van der Waals surface area contributed by atoms with Crippen molar-refractivity contribution < 1.29 is 14.5 Å². The number of carbonyl (C=O) groups excluding carboxylic acids is 1. The third kappa shape index (κ3) is 3.15. The Bertz CT molecular complexity index is 1190. The van der Waals surface area contributed by atoms with Gasteiger partial charge in [-0.05, 0) is 29.3 Å². The molecule has 2 heterocycles. The van der Waals surface area contributed by atoms with E-state index >= 15 is 0 Å². The molecule has 0 aliphatic carbocycles. The Balaban J connectivity index is 1.71. The molecule has 6 nitrogen and oxygen atoms in total. The third-order valence-corrected chi connectivity index (χ3v) is 6.44. The number of hydrogen-bond acceptors (Lipinski definition) is 5. The highest BCUT2D eigenvalue weighted by molar-refractivity contribution is 6.04. The largest absolute Gasteiger partial charge is 0.497 e. The van der Waals surface area contributed by atoms with Crippen molar-refractivity contribution in [2.24, 2.45) is 0 Å². The standard InChI is InChI=1S/C26H22N2O4/c1-32-20-14-11-18(12-15-20)23-24(28(30)31)22-16-13-17-7-5-6-10-21(17)27(22)25(23)26(29)19-8-3-2-4-9-19/h2-16,22-25H,1H3/t22-,23-,24+,25-/m0/s1. The van der Waals surface area contributed by atoms with Crippen LogP contribution in [0.3, 0.4) is 0 Å². The number of para-hydroxylation sites is 1. The van der Waals surface area contributed by atoms with E-state index in [9.17, 15) is 14.9 Å². The van der Waals surface area contributed by atoms with E-state index < -0.39 is 24.0 Å². The molecule has 1 fully saturated rings. The van der Waals surface area contributed by atoms with Gasteiger partial charge < -0.3 is 9.64 Å². The van der Waals surface area contributed by atoms with Gasteiger partial charge in [-0.15, -0.1) is 0 Å². The summed E-state index contributed by atoms with van der Waals surface area (Å²) in [6.45, 7) is 0. The Morgan fingerprint density at radius 1 is 0.969 bits per heavy atom. The van der Waals surface area contributed by atoms with Crippen LogP contribution >= 0.6 is 0 Å². The summed E-state index contributed by atoms with van der Waals surface area (Å²) in [5, 5.41) is 12.4. The maximum absolute atomic E-state index is 13.9. The molecule has 0 bridgehead atoms. The fraction of sp³-hybridized carbons (Fsp3) is 0.192. The molecule has 2 aliphatic heterocycles. The van der Waals surface area contributed by atoms with E-state index in [1.807, 2.05) is 71.6 Å². The van der Waals surface area contributed by atoms with Crippen LogP contribution < -0.4 is 9.64 Å². The number of ketones is 1. The minimum Gasteiger partial charge on any atom is -0.497 e. The molecule has 0 aromatic heterocycles. The Kier molecular flexibility index (Phi) is 4.98. The average molecular weight is 426 g/mol. The number of nitrogens with zero attached hydrogens (tertiary/aromatic N) is 2. The molecule has 32 heavy (non-hydrogen) atoms. The summed E-state index contributed by atoms with van der Waals surface area (Å²) < 4.78 is 5.27. The molecule has 3 aromatic rings. The van der Waals surface area contributed by atoms with Gasteiger partial charge >= 0.3 is 0 Å². The Morgan fingerprint density at radius 2 is 1.66 bits per heavy atom. The average Bonchev–Trinajstić information content (AvgIpc) is 3.20. The summed E-state index contributed by atoms with van der Waals surface area (Å²) in [4.78, 5) is 28.0. The van der Waals surface area contributed by atoms with Crippen molar-refractivity contribution in [2.75, 3.05) is 12.0 Å². The normalized spacial score (nSPS) is 23.3. The van der Waals surface area contributed by atoms with Crippen LogP contribution in [-0.2, 0) is 0 Å². The first-order valence-electron chi connectivity index (χ1n) is 10.5. The van der Waals surface area contributed by atoms with E-state index in [1.54, 1.807) is 31.4 Å². The highest BCUT2D eigenvalue weighted by atomic mass is 16.6. The van der Waals surface area contributed by atoms with Crippen molar-refractivity contribution in [1.82, 2.24) is 0 Å². The second-order valence-corrected chi connectivity index (χ2v) is 8.07. The quantitative estimate of drug-likeness (QED) is 0.339. The number of fused-ring (bicyclic) bond motifs is 3. The number of carbonyl (C=O) groups is 1. The molecule has 2 aliphatic rings. The van der Waals surface area contributed by atoms with Gasteiger partial charge in [0.05, 0.1) is 13.0 Å². The van der Waals surface area contributed by atoms with E-state index in [0.717, 1.165) is 16.8 Å². The van der Waals surface area contributed by atoms with Crippen LogP contribution in [0.15, 0.2) is 84.9 Å². The van der Waals surface area contributed by atoms with E-state index in [0.29, 0.717) is 11.3 Å².